The quantitative estimate of drug-likeness (QED) is 0.390. The second-order valence-corrected chi connectivity index (χ2v) is 9.91. The van der Waals surface area contributed by atoms with Gasteiger partial charge < -0.3 is 19.7 Å². The Balaban J connectivity index is 1.41. The molecule has 0 bridgehead atoms. The second-order valence-electron chi connectivity index (χ2n) is 9.91. The first-order valence-electron chi connectivity index (χ1n) is 12.6. The molecule has 0 amide bonds. The molecule has 0 aromatic heterocycles. The van der Waals surface area contributed by atoms with Gasteiger partial charge in [-0.1, -0.05) is 12.1 Å². The van der Waals surface area contributed by atoms with E-state index < -0.39 is 11.9 Å². The highest BCUT2D eigenvalue weighted by Crippen LogP contribution is 2.48. The molecule has 194 valence electrons. The van der Waals surface area contributed by atoms with Crippen LogP contribution >= 0.6 is 0 Å². The minimum absolute atomic E-state index is 0.0501. The first kappa shape index (κ1) is 25.1. The van der Waals surface area contributed by atoms with Crippen molar-refractivity contribution in [3.8, 4) is 23.0 Å². The van der Waals surface area contributed by atoms with Crippen molar-refractivity contribution in [1.82, 2.24) is 4.90 Å². The summed E-state index contributed by atoms with van der Waals surface area (Å²) >= 11 is 0. The van der Waals surface area contributed by atoms with Gasteiger partial charge in [-0.05, 0) is 86.5 Å². The Morgan fingerprint density at radius 1 is 1.03 bits per heavy atom. The van der Waals surface area contributed by atoms with Crippen molar-refractivity contribution in [1.29, 1.82) is 0 Å². The first-order chi connectivity index (χ1) is 17.8. The first-order valence-corrected chi connectivity index (χ1v) is 12.6. The fraction of sp³-hybridized carbons (Fsp3) is 0.333. The molecule has 1 unspecified atom stereocenters. The molecule has 0 radical (unpaired) electrons. The van der Waals surface area contributed by atoms with Crippen molar-refractivity contribution >= 4 is 11.1 Å². The van der Waals surface area contributed by atoms with Crippen molar-refractivity contribution in [2.24, 2.45) is 5.92 Å². The third-order valence-electron chi connectivity index (χ3n) is 7.35. The monoisotopic (exact) mass is 507 g/mol. The van der Waals surface area contributed by atoms with Gasteiger partial charge in [0.05, 0.1) is 6.67 Å². The molecule has 0 saturated carbocycles. The van der Waals surface area contributed by atoms with Gasteiger partial charge in [0.15, 0.2) is 0 Å². The predicted octanol–water partition coefficient (Wildman–Crippen LogP) is 6.36. The van der Waals surface area contributed by atoms with E-state index in [0.717, 1.165) is 30.6 Å². The molecular formula is C30H31F2NO4. The lowest BCUT2D eigenvalue weighted by molar-refractivity contribution is 0.165. The standard InChI is InChI=1S/C30H31F2NO4/c1-18(33-12-11-20(15-31)16-33)17-36-24-7-3-21(4-8-24)30-29(26-14-22(34)5-9-27(26)32)19(2)25-13-23(35)6-10-28(25)37-30/h3-10,13-14,18,20,30,34-35H,11-12,15-17H2,1-2H3/t18-,20-,30?/m0/s1. The van der Waals surface area contributed by atoms with Crippen LogP contribution in [-0.4, -0.2) is 47.5 Å². The van der Waals surface area contributed by atoms with Crippen LogP contribution < -0.4 is 9.47 Å². The zero-order valence-corrected chi connectivity index (χ0v) is 21.0. The van der Waals surface area contributed by atoms with Gasteiger partial charge in [0.2, 0.25) is 0 Å². The fourth-order valence-corrected chi connectivity index (χ4v) is 5.19. The Kier molecular flexibility index (Phi) is 7.07. The summed E-state index contributed by atoms with van der Waals surface area (Å²) in [6.45, 7) is 5.81. The number of likely N-dealkylation sites (tertiary alicyclic amines) is 1. The van der Waals surface area contributed by atoms with Crippen LogP contribution in [0.4, 0.5) is 8.78 Å². The third kappa shape index (κ3) is 5.14. The average Bonchev–Trinajstić information content (AvgIpc) is 3.39. The Morgan fingerprint density at radius 3 is 2.43 bits per heavy atom. The van der Waals surface area contributed by atoms with Gasteiger partial charge in [-0.25, -0.2) is 4.39 Å². The number of hydrogen-bond acceptors (Lipinski definition) is 5. The van der Waals surface area contributed by atoms with Crippen LogP contribution in [0.1, 0.15) is 43.1 Å². The number of alkyl halides is 1. The Bertz CT molecular complexity index is 1310. The van der Waals surface area contributed by atoms with E-state index in [2.05, 4.69) is 11.8 Å². The second kappa shape index (κ2) is 10.4. The number of aromatic hydroxyl groups is 2. The summed E-state index contributed by atoms with van der Waals surface area (Å²) in [4.78, 5) is 2.26. The molecule has 5 rings (SSSR count). The summed E-state index contributed by atoms with van der Waals surface area (Å²) in [6.07, 6.45) is 0.248. The molecular weight excluding hydrogens is 476 g/mol. The Labute approximate surface area is 215 Å². The van der Waals surface area contributed by atoms with Crippen molar-refractivity contribution in [2.75, 3.05) is 26.4 Å². The number of benzene rings is 3. The minimum atomic E-state index is -0.636. The molecule has 37 heavy (non-hydrogen) atoms. The van der Waals surface area contributed by atoms with Crippen molar-refractivity contribution in [2.45, 2.75) is 32.4 Å². The highest BCUT2D eigenvalue weighted by Gasteiger charge is 2.31. The highest BCUT2D eigenvalue weighted by atomic mass is 19.1. The average molecular weight is 508 g/mol. The van der Waals surface area contributed by atoms with Gasteiger partial charge in [0, 0.05) is 35.2 Å². The van der Waals surface area contributed by atoms with E-state index >= 15 is 0 Å². The van der Waals surface area contributed by atoms with E-state index in [1.54, 1.807) is 18.2 Å². The smallest absolute Gasteiger partial charge is 0.150 e. The third-order valence-corrected chi connectivity index (χ3v) is 7.35. The number of nitrogens with zero attached hydrogens (tertiary/aromatic N) is 1. The summed E-state index contributed by atoms with van der Waals surface area (Å²) in [5.74, 6) is 0.954. The number of allylic oxidation sites excluding steroid dienone is 1. The van der Waals surface area contributed by atoms with Crippen LogP contribution in [0.3, 0.4) is 0 Å². The van der Waals surface area contributed by atoms with E-state index in [1.807, 2.05) is 31.2 Å². The van der Waals surface area contributed by atoms with Gasteiger partial charge in [0.25, 0.3) is 0 Å². The summed E-state index contributed by atoms with van der Waals surface area (Å²) < 4.78 is 40.3. The number of rotatable bonds is 7. The summed E-state index contributed by atoms with van der Waals surface area (Å²) in [6, 6.07) is 16.4. The van der Waals surface area contributed by atoms with E-state index in [9.17, 15) is 19.0 Å². The van der Waals surface area contributed by atoms with Gasteiger partial charge in [-0.3, -0.25) is 9.29 Å². The van der Waals surface area contributed by atoms with E-state index in [-0.39, 0.29) is 35.7 Å². The maximum absolute atomic E-state index is 15.0. The fourth-order valence-electron chi connectivity index (χ4n) is 5.19. The number of fused-ring (bicyclic) bond motifs is 1. The lowest BCUT2D eigenvalue weighted by Crippen LogP contribution is -2.35. The molecule has 3 aromatic carbocycles. The van der Waals surface area contributed by atoms with Crippen LogP contribution in [-0.2, 0) is 0 Å². The Hall–Kier alpha value is -3.58. The SMILES string of the molecule is CC1=C(c2cc(O)ccc2F)C(c2ccc(OC[C@H](C)N3CC[C@@H](CF)C3)cc2)Oc2ccc(O)cc21. The topological polar surface area (TPSA) is 62.2 Å². The zero-order valence-electron chi connectivity index (χ0n) is 21.0. The number of ether oxygens (including phenoxy) is 2. The molecule has 2 heterocycles. The van der Waals surface area contributed by atoms with E-state index in [1.165, 1.54) is 18.2 Å². The summed E-state index contributed by atoms with van der Waals surface area (Å²) in [5.41, 5.74) is 3.02. The zero-order chi connectivity index (χ0) is 26.1. The maximum atomic E-state index is 15.0. The highest BCUT2D eigenvalue weighted by molar-refractivity contribution is 5.96. The van der Waals surface area contributed by atoms with E-state index in [4.69, 9.17) is 9.47 Å². The number of phenolic OH excluding ortho intramolecular Hbond substituents is 2. The molecule has 2 aliphatic rings. The lowest BCUT2D eigenvalue weighted by Gasteiger charge is -2.31. The van der Waals surface area contributed by atoms with Gasteiger partial charge in [-0.15, -0.1) is 0 Å². The van der Waals surface area contributed by atoms with Gasteiger partial charge in [-0.2, -0.15) is 0 Å². The van der Waals surface area contributed by atoms with Gasteiger partial charge >= 0.3 is 0 Å². The van der Waals surface area contributed by atoms with Crippen LogP contribution in [0.2, 0.25) is 0 Å². The molecule has 3 atom stereocenters. The summed E-state index contributed by atoms with van der Waals surface area (Å²) in [7, 11) is 0. The Morgan fingerprint density at radius 2 is 1.73 bits per heavy atom. The number of halogens is 2. The molecule has 2 aliphatic heterocycles. The van der Waals surface area contributed by atoms with Crippen LogP contribution in [0, 0.1) is 11.7 Å². The normalized spacial score (nSPS) is 20.4. The minimum Gasteiger partial charge on any atom is -0.508 e. The molecule has 1 fully saturated rings. The largest absolute Gasteiger partial charge is 0.508 e. The van der Waals surface area contributed by atoms with Crippen LogP contribution in [0.15, 0.2) is 60.7 Å². The molecule has 1 saturated heterocycles. The van der Waals surface area contributed by atoms with Crippen LogP contribution in [0.25, 0.3) is 11.1 Å². The number of phenols is 2. The molecule has 5 nitrogen and oxygen atoms in total. The predicted molar refractivity (Wildman–Crippen MR) is 139 cm³/mol. The molecule has 7 heteroatoms. The van der Waals surface area contributed by atoms with Crippen molar-refractivity contribution in [3.63, 3.8) is 0 Å². The van der Waals surface area contributed by atoms with Crippen molar-refractivity contribution in [3.05, 3.63) is 83.2 Å². The number of hydrogen-bond donors (Lipinski definition) is 2. The summed E-state index contributed by atoms with van der Waals surface area (Å²) in [5, 5.41) is 20.1. The molecule has 3 aromatic rings. The van der Waals surface area contributed by atoms with Crippen LogP contribution in [0.5, 0.6) is 23.0 Å². The lowest BCUT2D eigenvalue weighted by atomic mass is 9.86. The van der Waals surface area contributed by atoms with E-state index in [0.29, 0.717) is 29.2 Å². The molecule has 0 aliphatic carbocycles. The van der Waals surface area contributed by atoms with Crippen molar-refractivity contribution < 1.29 is 28.5 Å². The molecule has 0 spiro atoms. The molecule has 2 N–H and O–H groups in total. The van der Waals surface area contributed by atoms with Gasteiger partial charge in [0.1, 0.15) is 41.5 Å². The maximum Gasteiger partial charge on any atom is 0.150 e.